The summed E-state index contributed by atoms with van der Waals surface area (Å²) < 4.78 is 21.2. The molecule has 218 valence electrons. The molecule has 0 aliphatic heterocycles. The van der Waals surface area contributed by atoms with E-state index in [1.807, 2.05) is 36.4 Å². The van der Waals surface area contributed by atoms with Crippen molar-refractivity contribution in [1.82, 2.24) is 0 Å². The van der Waals surface area contributed by atoms with Crippen LogP contribution in [-0.4, -0.2) is 42.8 Å². The van der Waals surface area contributed by atoms with Crippen LogP contribution in [0.15, 0.2) is 104 Å². The van der Waals surface area contributed by atoms with E-state index in [-0.39, 0.29) is 5.57 Å². The molecule has 0 heterocycles. The molecule has 0 aliphatic carbocycles. The van der Waals surface area contributed by atoms with Crippen LogP contribution in [0.1, 0.15) is 31.2 Å². The molecule has 0 radical (unpaired) electrons. The number of hydrogen-bond donors (Lipinski definition) is 1. The van der Waals surface area contributed by atoms with Gasteiger partial charge in [0.2, 0.25) is 0 Å². The highest BCUT2D eigenvalue weighted by molar-refractivity contribution is 5.90. The van der Waals surface area contributed by atoms with Gasteiger partial charge in [0.1, 0.15) is 17.2 Å². The quantitative estimate of drug-likeness (QED) is 0.0953. The van der Waals surface area contributed by atoms with Gasteiger partial charge < -0.3 is 24.1 Å². The van der Waals surface area contributed by atoms with Gasteiger partial charge in [0.05, 0.1) is 25.4 Å². The van der Waals surface area contributed by atoms with Crippen LogP contribution in [0.3, 0.4) is 0 Å². The third-order valence-electron chi connectivity index (χ3n) is 5.96. The number of aliphatic hydroxyl groups excluding tert-OH is 1. The number of unbranched alkanes of at least 4 members (excludes halogenated alkanes) is 3. The van der Waals surface area contributed by atoms with Crippen LogP contribution in [0.4, 0.5) is 0 Å². The number of ether oxygens (including phenoxy) is 4. The predicted octanol–water partition coefficient (Wildman–Crippen LogP) is 6.09. The zero-order valence-electron chi connectivity index (χ0n) is 23.3. The van der Waals surface area contributed by atoms with Gasteiger partial charge in [-0.15, -0.1) is 0 Å². The molecule has 0 saturated heterocycles. The van der Waals surface area contributed by atoms with Crippen molar-refractivity contribution < 1.29 is 38.4 Å². The molecule has 3 aromatic rings. The number of carbonyl (C=O) groups excluding carboxylic acids is 3. The average Bonchev–Trinajstić information content (AvgIpc) is 3.02. The molecule has 42 heavy (non-hydrogen) atoms. The number of benzene rings is 3. The fraction of sp³-hybridized carbons (Fsp3) is 0.206. The number of hydrogen-bond acceptors (Lipinski definition) is 8. The van der Waals surface area contributed by atoms with E-state index >= 15 is 0 Å². The topological polar surface area (TPSA) is 108 Å². The van der Waals surface area contributed by atoms with Gasteiger partial charge >= 0.3 is 17.9 Å². The highest BCUT2D eigenvalue weighted by Crippen LogP contribution is 2.24. The van der Waals surface area contributed by atoms with E-state index in [2.05, 4.69) is 13.2 Å². The van der Waals surface area contributed by atoms with Gasteiger partial charge in [-0.2, -0.15) is 0 Å². The van der Waals surface area contributed by atoms with Crippen LogP contribution in [0.25, 0.3) is 17.2 Å². The molecule has 0 aromatic heterocycles. The highest BCUT2D eigenvalue weighted by Gasteiger charge is 2.09. The van der Waals surface area contributed by atoms with Crippen LogP contribution in [0.5, 0.6) is 17.2 Å². The third-order valence-corrected chi connectivity index (χ3v) is 5.96. The Hall–Kier alpha value is -4.95. The molecule has 0 aliphatic rings. The first-order valence-electron chi connectivity index (χ1n) is 13.5. The molecule has 0 unspecified atom stereocenters. The largest absolute Gasteiger partial charge is 0.494 e. The molecule has 8 heteroatoms. The second-order valence-corrected chi connectivity index (χ2v) is 9.16. The SMILES string of the molecule is C=CC(=O)OCCCCCCOc1ccc(OC(=O)/C=C/c2ccc(-c3ccc(OC(=O)C(=C)CO)cc3)cc2)cc1. The lowest BCUT2D eigenvalue weighted by Gasteiger charge is -2.07. The Morgan fingerprint density at radius 2 is 1.24 bits per heavy atom. The molecule has 8 nitrogen and oxygen atoms in total. The van der Waals surface area contributed by atoms with Crippen molar-refractivity contribution in [3.05, 3.63) is 109 Å². The Morgan fingerprint density at radius 1 is 0.690 bits per heavy atom. The smallest absolute Gasteiger partial charge is 0.341 e. The van der Waals surface area contributed by atoms with Gasteiger partial charge in [0.15, 0.2) is 0 Å². The maximum Gasteiger partial charge on any atom is 0.341 e. The molecule has 1 N–H and O–H groups in total. The van der Waals surface area contributed by atoms with Crippen molar-refractivity contribution in [3.8, 4) is 28.4 Å². The second kappa shape index (κ2) is 17.0. The standard InChI is InChI=1S/C34H34O8/c1-3-32(36)40-23-7-5-4-6-22-39-29-17-19-30(20-18-29)41-33(37)21-10-26-8-11-27(12-9-26)28-13-15-31(16-14-28)42-34(38)25(2)24-35/h3,8-21,35H,1-2,4-7,22-24H2/b21-10+. The molecular formula is C34H34O8. The van der Waals surface area contributed by atoms with Gasteiger partial charge in [-0.3, -0.25) is 0 Å². The summed E-state index contributed by atoms with van der Waals surface area (Å²) in [4.78, 5) is 35.0. The lowest BCUT2D eigenvalue weighted by Crippen LogP contribution is -2.12. The predicted molar refractivity (Wildman–Crippen MR) is 160 cm³/mol. The molecule has 3 rings (SSSR count). The van der Waals surface area contributed by atoms with Gasteiger partial charge in [-0.1, -0.05) is 49.6 Å². The van der Waals surface area contributed by atoms with Crippen molar-refractivity contribution in [3.63, 3.8) is 0 Å². The molecule has 0 bridgehead atoms. The van der Waals surface area contributed by atoms with E-state index in [0.717, 1.165) is 48.4 Å². The number of esters is 3. The van der Waals surface area contributed by atoms with Crippen molar-refractivity contribution in [2.75, 3.05) is 19.8 Å². The molecular weight excluding hydrogens is 536 g/mol. The first-order chi connectivity index (χ1) is 20.4. The first kappa shape index (κ1) is 31.6. The zero-order chi connectivity index (χ0) is 30.2. The van der Waals surface area contributed by atoms with Crippen LogP contribution in [-0.2, 0) is 19.1 Å². The van der Waals surface area contributed by atoms with Gasteiger partial charge in [0, 0.05) is 12.2 Å². The third kappa shape index (κ3) is 10.9. The Bertz CT molecular complexity index is 1370. The summed E-state index contributed by atoms with van der Waals surface area (Å²) in [7, 11) is 0. The first-order valence-corrected chi connectivity index (χ1v) is 13.5. The molecule has 0 spiro atoms. The molecule has 0 atom stereocenters. The maximum absolute atomic E-state index is 12.3. The fourth-order valence-corrected chi connectivity index (χ4v) is 3.64. The van der Waals surface area contributed by atoms with Crippen LogP contribution in [0, 0.1) is 0 Å². The van der Waals surface area contributed by atoms with Crippen LogP contribution >= 0.6 is 0 Å². The van der Waals surface area contributed by atoms with E-state index in [1.54, 1.807) is 42.5 Å². The second-order valence-electron chi connectivity index (χ2n) is 9.16. The number of carbonyl (C=O) groups is 3. The minimum absolute atomic E-state index is 0.0168. The maximum atomic E-state index is 12.3. The van der Waals surface area contributed by atoms with Crippen molar-refractivity contribution >= 4 is 24.0 Å². The van der Waals surface area contributed by atoms with E-state index in [9.17, 15) is 14.4 Å². The van der Waals surface area contributed by atoms with Crippen molar-refractivity contribution in [2.24, 2.45) is 0 Å². The van der Waals surface area contributed by atoms with Crippen molar-refractivity contribution in [2.45, 2.75) is 25.7 Å². The number of aliphatic hydroxyl groups is 1. The summed E-state index contributed by atoms with van der Waals surface area (Å²) in [5.74, 6) is -0.115. The monoisotopic (exact) mass is 570 g/mol. The zero-order valence-corrected chi connectivity index (χ0v) is 23.3. The summed E-state index contributed by atoms with van der Waals surface area (Å²) in [5, 5.41) is 8.96. The Morgan fingerprint density at radius 3 is 1.86 bits per heavy atom. The summed E-state index contributed by atoms with van der Waals surface area (Å²) in [6, 6.07) is 21.4. The van der Waals surface area contributed by atoms with E-state index in [4.69, 9.17) is 24.1 Å². The lowest BCUT2D eigenvalue weighted by atomic mass is 10.0. The van der Waals surface area contributed by atoms with E-state index < -0.39 is 24.5 Å². The Balaban J connectivity index is 1.38. The van der Waals surface area contributed by atoms with E-state index in [1.165, 1.54) is 6.08 Å². The minimum Gasteiger partial charge on any atom is -0.494 e. The highest BCUT2D eigenvalue weighted by atomic mass is 16.5. The average molecular weight is 571 g/mol. The Labute approximate surface area is 245 Å². The van der Waals surface area contributed by atoms with E-state index in [0.29, 0.717) is 30.5 Å². The summed E-state index contributed by atoms with van der Waals surface area (Å²) in [5.41, 5.74) is 2.67. The minimum atomic E-state index is -0.674. The fourth-order valence-electron chi connectivity index (χ4n) is 3.64. The van der Waals surface area contributed by atoms with Crippen LogP contribution < -0.4 is 14.2 Å². The Kier molecular flexibility index (Phi) is 12.8. The summed E-state index contributed by atoms with van der Waals surface area (Å²) in [6.07, 6.45) is 7.78. The molecule has 0 amide bonds. The molecule has 0 saturated carbocycles. The summed E-state index contributed by atoms with van der Waals surface area (Å²) >= 11 is 0. The van der Waals surface area contributed by atoms with Gasteiger partial charge in [-0.05, 0) is 84.8 Å². The lowest BCUT2D eigenvalue weighted by molar-refractivity contribution is -0.138. The summed E-state index contributed by atoms with van der Waals surface area (Å²) in [6.45, 7) is 7.31. The van der Waals surface area contributed by atoms with Gasteiger partial charge in [0.25, 0.3) is 0 Å². The molecule has 3 aromatic carbocycles. The molecule has 0 fully saturated rings. The van der Waals surface area contributed by atoms with Crippen molar-refractivity contribution in [1.29, 1.82) is 0 Å². The van der Waals surface area contributed by atoms with Gasteiger partial charge in [-0.25, -0.2) is 14.4 Å². The van der Waals surface area contributed by atoms with Crippen LogP contribution in [0.2, 0.25) is 0 Å². The number of rotatable bonds is 16. The normalized spacial score (nSPS) is 10.6.